The lowest BCUT2D eigenvalue weighted by Gasteiger charge is -2.42. The highest BCUT2D eigenvalue weighted by Gasteiger charge is 2.54. The van der Waals surface area contributed by atoms with Crippen LogP contribution in [0.1, 0.15) is 30.7 Å². The maximum Gasteiger partial charge on any atom is 0.267 e. The van der Waals surface area contributed by atoms with Crippen LogP contribution < -0.4 is 11.2 Å². The Kier molecular flexibility index (Phi) is 3.20. The summed E-state index contributed by atoms with van der Waals surface area (Å²) in [6.45, 7) is 0. The Balaban J connectivity index is 1.96. The highest BCUT2D eigenvalue weighted by atomic mass is 16.7. The van der Waals surface area contributed by atoms with Gasteiger partial charge in [-0.3, -0.25) is 15.1 Å². The minimum absolute atomic E-state index is 0.273. The molecule has 2 aromatic rings. The van der Waals surface area contributed by atoms with Gasteiger partial charge in [-0.1, -0.05) is 36.8 Å². The van der Waals surface area contributed by atoms with Crippen molar-refractivity contribution in [1.82, 2.24) is 15.4 Å². The smallest absolute Gasteiger partial charge is 0.267 e. The normalized spacial score (nSPS) is 24.3. The summed E-state index contributed by atoms with van der Waals surface area (Å²) in [6, 6.07) is 9.95. The summed E-state index contributed by atoms with van der Waals surface area (Å²) < 4.78 is 0. The molecule has 1 aromatic carbocycles. The maximum atomic E-state index is 11.9. The number of aromatic nitrogens is 2. The molecule has 1 unspecified atom stereocenters. The predicted octanol–water partition coefficient (Wildman–Crippen LogP) is 1.84. The van der Waals surface area contributed by atoms with Crippen molar-refractivity contribution >= 4 is 11.5 Å². The second kappa shape index (κ2) is 5.24. The highest BCUT2D eigenvalue weighted by Crippen LogP contribution is 2.54. The number of aromatic amines is 1. The van der Waals surface area contributed by atoms with E-state index in [0.29, 0.717) is 11.4 Å². The van der Waals surface area contributed by atoms with Crippen LogP contribution in [0.15, 0.2) is 48.4 Å². The van der Waals surface area contributed by atoms with Crippen molar-refractivity contribution in [2.24, 2.45) is 11.7 Å². The van der Waals surface area contributed by atoms with Crippen molar-refractivity contribution in [1.29, 1.82) is 0 Å². The topological polar surface area (TPSA) is 93.0 Å². The number of nitrogens with two attached hydrogens (primary N) is 1. The number of amides is 1. The van der Waals surface area contributed by atoms with Crippen LogP contribution in [0.5, 0.6) is 0 Å². The molecule has 23 heavy (non-hydrogen) atoms. The second-order valence-electron chi connectivity index (χ2n) is 5.99. The number of hydroxylamine groups is 1. The van der Waals surface area contributed by atoms with Crippen molar-refractivity contribution in [2.75, 3.05) is 0 Å². The van der Waals surface area contributed by atoms with Gasteiger partial charge in [0.2, 0.25) is 0 Å². The molecule has 0 spiro atoms. The molecule has 4 N–H and O–H groups in total. The Morgan fingerprint density at radius 3 is 2.65 bits per heavy atom. The van der Waals surface area contributed by atoms with E-state index in [4.69, 9.17) is 10.6 Å². The summed E-state index contributed by atoms with van der Waals surface area (Å²) >= 11 is 0. The van der Waals surface area contributed by atoms with Gasteiger partial charge in [0, 0.05) is 12.4 Å². The standard InChI is InChI=1S/C17H18N4O2/c18-15(22)14-13(16-19-9-10-20-16)17(23-21-14,12-7-4-8-12)11-5-2-1-3-6-11/h1-3,5-6,9-10,12,21H,4,7-8H2,(H2,18,22)(H,19,20). The van der Waals surface area contributed by atoms with E-state index in [-0.39, 0.29) is 11.6 Å². The van der Waals surface area contributed by atoms with Crippen molar-refractivity contribution in [3.63, 3.8) is 0 Å². The Morgan fingerprint density at radius 2 is 2.09 bits per heavy atom. The number of H-pyrrole nitrogens is 1. The summed E-state index contributed by atoms with van der Waals surface area (Å²) in [4.78, 5) is 25.4. The van der Waals surface area contributed by atoms with Gasteiger partial charge in [-0.25, -0.2) is 4.98 Å². The van der Waals surface area contributed by atoms with Gasteiger partial charge in [0.25, 0.3) is 5.91 Å². The molecule has 2 heterocycles. The van der Waals surface area contributed by atoms with Crippen molar-refractivity contribution in [3.05, 3.63) is 59.8 Å². The van der Waals surface area contributed by atoms with Crippen LogP contribution in [-0.4, -0.2) is 15.9 Å². The van der Waals surface area contributed by atoms with E-state index in [1.165, 1.54) is 0 Å². The van der Waals surface area contributed by atoms with E-state index in [0.717, 1.165) is 24.8 Å². The number of nitrogens with zero attached hydrogens (tertiary/aromatic N) is 1. The number of imidazole rings is 1. The first-order chi connectivity index (χ1) is 11.2. The molecule has 0 bridgehead atoms. The third-order valence-electron chi connectivity index (χ3n) is 4.80. The largest absolute Gasteiger partial charge is 0.364 e. The molecule has 6 nitrogen and oxygen atoms in total. The van der Waals surface area contributed by atoms with Gasteiger partial charge in [0.1, 0.15) is 11.5 Å². The first-order valence-corrected chi connectivity index (χ1v) is 7.77. The number of carbonyl (C=O) groups excluding carboxylic acids is 1. The first-order valence-electron chi connectivity index (χ1n) is 7.77. The van der Waals surface area contributed by atoms with E-state index >= 15 is 0 Å². The molecule has 2 aliphatic rings. The van der Waals surface area contributed by atoms with Crippen LogP contribution in [0.3, 0.4) is 0 Å². The Bertz CT molecular complexity index is 750. The van der Waals surface area contributed by atoms with Crippen LogP contribution >= 0.6 is 0 Å². The Hall–Kier alpha value is -2.60. The second-order valence-corrected chi connectivity index (χ2v) is 5.99. The van der Waals surface area contributed by atoms with Crippen LogP contribution in [-0.2, 0) is 15.2 Å². The van der Waals surface area contributed by atoms with Crippen molar-refractivity contribution in [3.8, 4) is 0 Å². The molecular formula is C17H18N4O2. The molecule has 118 valence electrons. The number of hydrogen-bond donors (Lipinski definition) is 3. The molecule has 0 saturated heterocycles. The number of rotatable bonds is 4. The van der Waals surface area contributed by atoms with Gasteiger partial charge < -0.3 is 10.7 Å². The molecule has 1 fully saturated rings. The zero-order valence-electron chi connectivity index (χ0n) is 12.6. The minimum Gasteiger partial charge on any atom is -0.364 e. The molecule has 0 radical (unpaired) electrons. The Labute approximate surface area is 133 Å². The molecule has 1 amide bonds. The van der Waals surface area contributed by atoms with E-state index in [1.54, 1.807) is 12.4 Å². The van der Waals surface area contributed by atoms with E-state index in [9.17, 15) is 4.79 Å². The average Bonchev–Trinajstić information content (AvgIpc) is 3.13. The van der Waals surface area contributed by atoms with E-state index in [1.807, 2.05) is 30.3 Å². The van der Waals surface area contributed by atoms with E-state index in [2.05, 4.69) is 15.4 Å². The fraction of sp³-hybridized carbons (Fsp3) is 0.294. The van der Waals surface area contributed by atoms with E-state index < -0.39 is 11.5 Å². The molecule has 1 aromatic heterocycles. The number of primary amides is 1. The molecular weight excluding hydrogens is 292 g/mol. The number of hydrogen-bond acceptors (Lipinski definition) is 4. The number of benzene rings is 1. The van der Waals surface area contributed by atoms with Crippen LogP contribution in [0.2, 0.25) is 0 Å². The summed E-state index contributed by atoms with van der Waals surface area (Å²) in [5, 5.41) is 0. The highest BCUT2D eigenvalue weighted by molar-refractivity contribution is 6.01. The van der Waals surface area contributed by atoms with Gasteiger partial charge in [0.15, 0.2) is 5.60 Å². The third kappa shape index (κ3) is 1.98. The third-order valence-corrected chi connectivity index (χ3v) is 4.80. The zero-order chi connectivity index (χ0) is 15.9. The molecule has 1 aliphatic heterocycles. The predicted molar refractivity (Wildman–Crippen MR) is 84.4 cm³/mol. The lowest BCUT2D eigenvalue weighted by molar-refractivity contribution is -0.119. The lowest BCUT2D eigenvalue weighted by Crippen LogP contribution is -2.41. The van der Waals surface area contributed by atoms with Crippen LogP contribution in [0, 0.1) is 5.92 Å². The van der Waals surface area contributed by atoms with Gasteiger partial charge >= 0.3 is 0 Å². The lowest BCUT2D eigenvalue weighted by atomic mass is 9.66. The summed E-state index contributed by atoms with van der Waals surface area (Å²) in [5.74, 6) is 0.336. The van der Waals surface area contributed by atoms with Crippen molar-refractivity contribution in [2.45, 2.75) is 24.9 Å². The molecule has 4 rings (SSSR count). The molecule has 1 saturated carbocycles. The quantitative estimate of drug-likeness (QED) is 0.803. The summed E-state index contributed by atoms with van der Waals surface area (Å²) in [7, 11) is 0. The summed E-state index contributed by atoms with van der Waals surface area (Å²) in [5.41, 5.74) is 9.58. The molecule has 1 atom stereocenters. The monoisotopic (exact) mass is 310 g/mol. The average molecular weight is 310 g/mol. The maximum absolute atomic E-state index is 11.9. The van der Waals surface area contributed by atoms with Crippen LogP contribution in [0.4, 0.5) is 0 Å². The number of carbonyl (C=O) groups is 1. The SMILES string of the molecule is NC(=O)C1=C(c2ncc[nH]2)C(c2ccccc2)(C2CCC2)ON1. The minimum atomic E-state index is -0.748. The van der Waals surface area contributed by atoms with Crippen molar-refractivity contribution < 1.29 is 9.63 Å². The fourth-order valence-corrected chi connectivity index (χ4v) is 3.52. The van der Waals surface area contributed by atoms with Gasteiger partial charge in [-0.15, -0.1) is 0 Å². The summed E-state index contributed by atoms with van der Waals surface area (Å²) in [6.07, 6.45) is 6.62. The Morgan fingerprint density at radius 1 is 1.30 bits per heavy atom. The van der Waals surface area contributed by atoms with Gasteiger partial charge in [0.05, 0.1) is 5.57 Å². The number of nitrogens with one attached hydrogen (secondary N) is 2. The van der Waals surface area contributed by atoms with Crippen LogP contribution in [0.25, 0.3) is 5.57 Å². The van der Waals surface area contributed by atoms with Gasteiger partial charge in [-0.05, 0) is 24.3 Å². The molecule has 6 heteroatoms. The fourth-order valence-electron chi connectivity index (χ4n) is 3.52. The zero-order valence-corrected chi connectivity index (χ0v) is 12.6. The molecule has 1 aliphatic carbocycles. The first kappa shape index (κ1) is 14.0. The van der Waals surface area contributed by atoms with Gasteiger partial charge in [-0.2, -0.15) is 0 Å².